The maximum absolute atomic E-state index is 12.9. The largest absolute Gasteiger partial charge is 0.326 e. The van der Waals surface area contributed by atoms with Crippen LogP contribution in [-0.4, -0.2) is 41.0 Å². The van der Waals surface area contributed by atoms with Gasteiger partial charge < -0.3 is 5.32 Å². The van der Waals surface area contributed by atoms with E-state index < -0.39 is 5.54 Å². The van der Waals surface area contributed by atoms with E-state index in [1.807, 2.05) is 11.9 Å². The van der Waals surface area contributed by atoms with Gasteiger partial charge in [0.15, 0.2) is 0 Å². The van der Waals surface area contributed by atoms with Crippen molar-refractivity contribution in [2.24, 2.45) is 0 Å². The summed E-state index contributed by atoms with van der Waals surface area (Å²) in [5.41, 5.74) is 1.99. The molecule has 0 radical (unpaired) electrons. The summed E-state index contributed by atoms with van der Waals surface area (Å²) >= 11 is 0. The number of hydrogen-bond acceptors (Lipinski definition) is 3. The number of carbonyl (C=O) groups excluding carboxylic acids is 2. The van der Waals surface area contributed by atoms with Gasteiger partial charge in [-0.15, -0.1) is 0 Å². The van der Waals surface area contributed by atoms with Gasteiger partial charge >= 0.3 is 6.03 Å². The van der Waals surface area contributed by atoms with E-state index in [0.717, 1.165) is 32.1 Å². The summed E-state index contributed by atoms with van der Waals surface area (Å²) in [7, 11) is 1.95. The molecule has 0 unspecified atom stereocenters. The molecule has 142 valence electrons. The Morgan fingerprint density at radius 3 is 2.27 bits per heavy atom. The van der Waals surface area contributed by atoms with Crippen LogP contribution in [0.15, 0.2) is 24.3 Å². The lowest BCUT2D eigenvalue weighted by Crippen LogP contribution is -2.48. The minimum atomic E-state index is -0.634. The number of carbonyl (C=O) groups is 2. The number of imide groups is 1. The lowest BCUT2D eigenvalue weighted by molar-refractivity contribution is -0.133. The molecule has 1 saturated heterocycles. The third-order valence-electron chi connectivity index (χ3n) is 5.61. The summed E-state index contributed by atoms with van der Waals surface area (Å²) in [6, 6.07) is 8.34. The first kappa shape index (κ1) is 18.9. The number of benzene rings is 1. The van der Waals surface area contributed by atoms with Gasteiger partial charge in [-0.05, 0) is 36.4 Å². The quantitative estimate of drug-likeness (QED) is 0.837. The molecule has 1 spiro atoms. The van der Waals surface area contributed by atoms with Gasteiger partial charge in [0, 0.05) is 6.54 Å². The van der Waals surface area contributed by atoms with Crippen molar-refractivity contribution in [1.82, 2.24) is 15.1 Å². The van der Waals surface area contributed by atoms with Crippen molar-refractivity contribution in [2.75, 3.05) is 13.7 Å². The molecule has 0 aromatic heterocycles. The van der Waals surface area contributed by atoms with E-state index in [1.54, 1.807) is 0 Å². The first-order valence-corrected chi connectivity index (χ1v) is 9.63. The van der Waals surface area contributed by atoms with E-state index >= 15 is 0 Å². The Hall–Kier alpha value is -1.88. The maximum Gasteiger partial charge on any atom is 0.326 e. The van der Waals surface area contributed by atoms with Gasteiger partial charge in [-0.2, -0.15) is 0 Å². The molecule has 1 aliphatic carbocycles. The molecular formula is C21H31N3O2. The molecule has 26 heavy (non-hydrogen) atoms. The van der Waals surface area contributed by atoms with Crippen LogP contribution in [-0.2, 0) is 16.8 Å². The van der Waals surface area contributed by atoms with Crippen molar-refractivity contribution in [3.8, 4) is 0 Å². The molecule has 1 aromatic carbocycles. The molecule has 1 heterocycles. The smallest absolute Gasteiger partial charge is 0.323 e. The molecule has 0 atom stereocenters. The van der Waals surface area contributed by atoms with Crippen molar-refractivity contribution in [2.45, 2.75) is 70.4 Å². The van der Waals surface area contributed by atoms with Crippen LogP contribution in [0.2, 0.25) is 0 Å². The third-order valence-corrected chi connectivity index (χ3v) is 5.61. The fourth-order valence-electron chi connectivity index (χ4n) is 4.01. The average molecular weight is 357 g/mol. The van der Waals surface area contributed by atoms with E-state index in [9.17, 15) is 9.59 Å². The Labute approximate surface area is 156 Å². The van der Waals surface area contributed by atoms with Gasteiger partial charge in [0.1, 0.15) is 5.54 Å². The highest BCUT2D eigenvalue weighted by Crippen LogP contribution is 2.33. The first-order valence-electron chi connectivity index (χ1n) is 9.63. The molecule has 1 saturated carbocycles. The standard InChI is InChI=1S/C21H31N3O2/c1-20(2,3)17-10-8-16(9-11-17)14-23(4)15-24-18(25)21(22-19(24)26)12-6-5-7-13-21/h8-11H,5-7,12-15H2,1-4H3,(H,22,26). The van der Waals surface area contributed by atoms with Crippen LogP contribution in [0.1, 0.15) is 64.0 Å². The van der Waals surface area contributed by atoms with E-state index in [-0.39, 0.29) is 17.4 Å². The fourth-order valence-corrected chi connectivity index (χ4v) is 4.01. The monoisotopic (exact) mass is 357 g/mol. The summed E-state index contributed by atoms with van der Waals surface area (Å²) in [6.07, 6.45) is 4.71. The summed E-state index contributed by atoms with van der Waals surface area (Å²) < 4.78 is 0. The van der Waals surface area contributed by atoms with Crippen molar-refractivity contribution in [3.05, 3.63) is 35.4 Å². The van der Waals surface area contributed by atoms with Gasteiger partial charge in [-0.3, -0.25) is 9.69 Å². The van der Waals surface area contributed by atoms with Crippen molar-refractivity contribution < 1.29 is 9.59 Å². The minimum absolute atomic E-state index is 0.0443. The van der Waals surface area contributed by atoms with Crippen LogP contribution in [0.3, 0.4) is 0 Å². The molecule has 1 aliphatic heterocycles. The molecule has 5 nitrogen and oxygen atoms in total. The van der Waals surface area contributed by atoms with Crippen LogP contribution >= 0.6 is 0 Å². The summed E-state index contributed by atoms with van der Waals surface area (Å²) in [5.74, 6) is -0.0443. The number of urea groups is 1. The zero-order chi connectivity index (χ0) is 18.9. The van der Waals surface area contributed by atoms with Gasteiger partial charge in [0.2, 0.25) is 0 Å². The Morgan fingerprint density at radius 1 is 1.08 bits per heavy atom. The normalized spacial score (nSPS) is 20.1. The molecule has 1 N–H and O–H groups in total. The predicted molar refractivity (Wildman–Crippen MR) is 103 cm³/mol. The van der Waals surface area contributed by atoms with Crippen LogP contribution in [0, 0.1) is 0 Å². The number of rotatable bonds is 4. The van der Waals surface area contributed by atoms with Crippen molar-refractivity contribution >= 4 is 11.9 Å². The average Bonchev–Trinajstić information content (AvgIpc) is 2.79. The highest BCUT2D eigenvalue weighted by Gasteiger charge is 2.51. The van der Waals surface area contributed by atoms with Gasteiger partial charge in [0.25, 0.3) is 5.91 Å². The van der Waals surface area contributed by atoms with E-state index in [2.05, 4.69) is 50.4 Å². The second-order valence-corrected chi connectivity index (χ2v) is 8.91. The van der Waals surface area contributed by atoms with Crippen LogP contribution in [0.4, 0.5) is 4.79 Å². The second kappa shape index (κ2) is 7.03. The molecular weight excluding hydrogens is 326 g/mol. The SMILES string of the molecule is CN(Cc1ccc(C(C)(C)C)cc1)CN1C(=O)NC2(CCCCC2)C1=O. The molecule has 3 rings (SSSR count). The van der Waals surface area contributed by atoms with Crippen LogP contribution in [0.5, 0.6) is 0 Å². The Morgan fingerprint density at radius 2 is 1.69 bits per heavy atom. The lowest BCUT2D eigenvalue weighted by Gasteiger charge is -2.31. The van der Waals surface area contributed by atoms with Crippen LogP contribution < -0.4 is 5.32 Å². The van der Waals surface area contributed by atoms with Crippen molar-refractivity contribution in [1.29, 1.82) is 0 Å². The molecule has 3 amide bonds. The number of nitrogens with zero attached hydrogens (tertiary/aromatic N) is 2. The molecule has 1 aromatic rings. The van der Waals surface area contributed by atoms with E-state index in [4.69, 9.17) is 0 Å². The summed E-state index contributed by atoms with van der Waals surface area (Å²) in [4.78, 5) is 28.6. The highest BCUT2D eigenvalue weighted by molar-refractivity contribution is 6.07. The molecule has 5 heteroatoms. The van der Waals surface area contributed by atoms with Crippen LogP contribution in [0.25, 0.3) is 0 Å². The first-order chi connectivity index (χ1) is 12.2. The maximum atomic E-state index is 12.9. The topological polar surface area (TPSA) is 52.6 Å². The van der Waals surface area contributed by atoms with E-state index in [0.29, 0.717) is 13.2 Å². The van der Waals surface area contributed by atoms with Crippen molar-refractivity contribution in [3.63, 3.8) is 0 Å². The number of amides is 3. The molecule has 2 aliphatic rings. The zero-order valence-corrected chi connectivity index (χ0v) is 16.5. The number of nitrogens with one attached hydrogen (secondary N) is 1. The third kappa shape index (κ3) is 3.78. The van der Waals surface area contributed by atoms with Gasteiger partial charge in [-0.1, -0.05) is 64.3 Å². The predicted octanol–water partition coefficient (Wildman–Crippen LogP) is 3.63. The zero-order valence-electron chi connectivity index (χ0n) is 16.5. The Bertz CT molecular complexity index is 669. The highest BCUT2D eigenvalue weighted by atomic mass is 16.2. The fraction of sp³-hybridized carbons (Fsp3) is 0.619. The van der Waals surface area contributed by atoms with Gasteiger partial charge in [-0.25, -0.2) is 9.69 Å². The minimum Gasteiger partial charge on any atom is -0.323 e. The lowest BCUT2D eigenvalue weighted by atomic mass is 9.82. The molecule has 2 fully saturated rings. The Balaban J connectivity index is 1.62. The summed E-state index contributed by atoms with van der Waals surface area (Å²) in [5, 5.41) is 2.97. The summed E-state index contributed by atoms with van der Waals surface area (Å²) in [6.45, 7) is 7.63. The Kier molecular flexibility index (Phi) is 5.11. The van der Waals surface area contributed by atoms with E-state index in [1.165, 1.54) is 16.0 Å². The second-order valence-electron chi connectivity index (χ2n) is 8.91. The van der Waals surface area contributed by atoms with Gasteiger partial charge in [0.05, 0.1) is 6.67 Å². The number of hydrogen-bond donors (Lipinski definition) is 1. The molecule has 0 bridgehead atoms.